The molecule has 0 radical (unpaired) electrons. The number of carboxylic acids is 1. The molecule has 2 fully saturated rings. The molecule has 0 amide bonds. The third kappa shape index (κ3) is 15.5. The lowest BCUT2D eigenvalue weighted by Crippen LogP contribution is -2.47. The Morgan fingerprint density at radius 1 is 0.690 bits per heavy atom. The Bertz CT molecular complexity index is 383. The van der Waals surface area contributed by atoms with Crippen molar-refractivity contribution in [3.63, 3.8) is 0 Å². The summed E-state index contributed by atoms with van der Waals surface area (Å²) in [5.74, 6) is -0.740. The van der Waals surface area contributed by atoms with Crippen LogP contribution in [0.5, 0.6) is 0 Å². The van der Waals surface area contributed by atoms with Gasteiger partial charge in [0.2, 0.25) is 0 Å². The van der Waals surface area contributed by atoms with Gasteiger partial charge in [0.15, 0.2) is 0 Å². The fraction of sp³-hybridized carbons (Fsp3) is 0.909. The summed E-state index contributed by atoms with van der Waals surface area (Å²) in [6, 6.07) is 0. The van der Waals surface area contributed by atoms with Gasteiger partial charge in [0.05, 0.1) is 13.1 Å². The summed E-state index contributed by atoms with van der Waals surface area (Å²) in [5, 5.41) is 9.05. The second-order valence-corrected chi connectivity index (χ2v) is 6.53. The molecule has 0 spiro atoms. The quantitative estimate of drug-likeness (QED) is 0.706. The molecule has 7 heteroatoms. The summed E-state index contributed by atoms with van der Waals surface area (Å²) in [7, 11) is 0. The molecule has 2 bridgehead atoms. The molecule has 0 saturated carbocycles. The van der Waals surface area contributed by atoms with E-state index in [0.29, 0.717) is 6.54 Å². The van der Waals surface area contributed by atoms with Gasteiger partial charge in [-0.1, -0.05) is 41.5 Å². The Balaban J connectivity index is 0. The largest absolute Gasteiger partial charge is 0.480 e. The number of rotatable bonds is 4. The number of hydrogen-bond donors (Lipinski definition) is 1. The minimum Gasteiger partial charge on any atom is -0.480 e. The minimum atomic E-state index is -0.740. The van der Waals surface area contributed by atoms with E-state index in [1.807, 2.05) is 41.5 Å². The maximum Gasteiger partial charge on any atom is 0.317 e. The van der Waals surface area contributed by atoms with E-state index in [0.717, 1.165) is 84.6 Å². The van der Waals surface area contributed by atoms with Gasteiger partial charge >= 0.3 is 5.97 Å². The molecule has 0 aromatic heterocycles. The highest BCUT2D eigenvalue weighted by Crippen LogP contribution is 2.06. The van der Waals surface area contributed by atoms with Crippen LogP contribution in [0.2, 0.25) is 0 Å². The molecular weight excluding hydrogens is 368 g/mol. The normalized spacial score (nSPS) is 23.7. The van der Waals surface area contributed by atoms with Crippen LogP contribution >= 0.6 is 0 Å². The molecule has 2 rings (SSSR count). The summed E-state index contributed by atoms with van der Waals surface area (Å²) in [5.41, 5.74) is 0. The van der Waals surface area contributed by atoms with Crippen molar-refractivity contribution in [1.29, 1.82) is 0 Å². The summed E-state index contributed by atoms with van der Waals surface area (Å²) < 4.78 is 0. The molecule has 2 atom stereocenters. The Hall–Kier alpha value is -1.02. The van der Waals surface area contributed by atoms with Gasteiger partial charge in [0.25, 0.3) is 0 Å². The molecule has 0 aromatic carbocycles. The summed E-state index contributed by atoms with van der Waals surface area (Å²) >= 11 is 0. The first-order valence-electron chi connectivity index (χ1n) is 11.7. The third-order valence-electron chi connectivity index (χ3n) is 4.79. The third-order valence-corrected chi connectivity index (χ3v) is 4.79. The van der Waals surface area contributed by atoms with E-state index < -0.39 is 5.97 Å². The summed E-state index contributed by atoms with van der Waals surface area (Å²) in [6.45, 7) is 22.3. The summed E-state index contributed by atoms with van der Waals surface area (Å²) in [4.78, 5) is 31.0. The van der Waals surface area contributed by atoms with Gasteiger partial charge in [-0.25, -0.2) is 0 Å². The fourth-order valence-corrected chi connectivity index (χ4v) is 3.42. The highest BCUT2D eigenvalue weighted by Gasteiger charge is 2.18. The SMILES string of the molecule is CC.CC.CC.O=CCN1CCCN2CCN(CCCN(CC(=O)O)CC2)CC1. The monoisotopic (exact) mass is 416 g/mol. The zero-order chi connectivity index (χ0) is 22.5. The van der Waals surface area contributed by atoms with Gasteiger partial charge in [0, 0.05) is 45.8 Å². The molecule has 174 valence electrons. The van der Waals surface area contributed by atoms with Gasteiger partial charge in [-0.15, -0.1) is 0 Å². The van der Waals surface area contributed by atoms with E-state index in [-0.39, 0.29) is 6.54 Å². The molecule has 2 aliphatic rings. The van der Waals surface area contributed by atoms with Crippen molar-refractivity contribution in [1.82, 2.24) is 19.6 Å². The average Bonchev–Trinajstić information content (AvgIpc) is 2.76. The lowest BCUT2D eigenvalue weighted by Gasteiger charge is -2.35. The number of aliphatic carboxylic acids is 1. The number of nitrogens with zero attached hydrogens (tertiary/aromatic N) is 4. The van der Waals surface area contributed by atoms with Gasteiger partial charge in [-0.2, -0.15) is 0 Å². The average molecular weight is 417 g/mol. The minimum absolute atomic E-state index is 0.140. The van der Waals surface area contributed by atoms with Crippen molar-refractivity contribution in [3.8, 4) is 0 Å². The van der Waals surface area contributed by atoms with Crippen molar-refractivity contribution in [2.24, 2.45) is 0 Å². The highest BCUT2D eigenvalue weighted by molar-refractivity contribution is 5.69. The van der Waals surface area contributed by atoms with E-state index in [2.05, 4.69) is 19.6 Å². The van der Waals surface area contributed by atoms with Crippen molar-refractivity contribution >= 4 is 12.3 Å². The van der Waals surface area contributed by atoms with E-state index >= 15 is 0 Å². The van der Waals surface area contributed by atoms with E-state index in [1.54, 1.807) is 0 Å². The zero-order valence-electron chi connectivity index (χ0n) is 20.0. The van der Waals surface area contributed by atoms with Crippen LogP contribution in [0.4, 0.5) is 0 Å². The van der Waals surface area contributed by atoms with Gasteiger partial charge in [-0.05, 0) is 32.5 Å². The van der Waals surface area contributed by atoms with E-state index in [9.17, 15) is 9.59 Å². The number of carboxylic acid groups (broad SMARTS) is 1. The smallest absolute Gasteiger partial charge is 0.317 e. The van der Waals surface area contributed by atoms with E-state index in [4.69, 9.17) is 5.11 Å². The Kier molecular flexibility index (Phi) is 22.6. The Morgan fingerprint density at radius 3 is 1.55 bits per heavy atom. The standard InChI is InChI=1S/C16H30N4O3.3C2H6/c21-14-13-19-5-1-3-18-8-7-17(9-10-19)4-2-6-20(12-11-18)15-16(22)23;3*1-2/h14H,1-13,15H2,(H,22,23);3*1-2H3. The Labute approximate surface area is 180 Å². The predicted molar refractivity (Wildman–Crippen MR) is 123 cm³/mol. The van der Waals surface area contributed by atoms with Crippen LogP contribution in [-0.2, 0) is 9.59 Å². The molecular formula is C22H48N4O3. The number of hydrogen-bond acceptors (Lipinski definition) is 6. The molecule has 0 aromatic rings. The van der Waals surface area contributed by atoms with E-state index in [1.165, 1.54) is 0 Å². The maximum atomic E-state index is 11.0. The lowest BCUT2D eigenvalue weighted by atomic mass is 10.2. The molecule has 29 heavy (non-hydrogen) atoms. The first-order valence-corrected chi connectivity index (χ1v) is 11.7. The second-order valence-electron chi connectivity index (χ2n) is 6.53. The first-order chi connectivity index (χ1) is 14.2. The maximum absolute atomic E-state index is 11.0. The number of fused-ring (bicyclic) bond motifs is 3. The molecule has 7 nitrogen and oxygen atoms in total. The second kappa shape index (κ2) is 21.7. The number of carbonyl (C=O) groups is 2. The molecule has 1 N–H and O–H groups in total. The topological polar surface area (TPSA) is 67.3 Å². The van der Waals surface area contributed by atoms with Gasteiger partial charge in [0.1, 0.15) is 6.29 Å². The van der Waals surface area contributed by atoms with Crippen LogP contribution in [0.25, 0.3) is 0 Å². The Morgan fingerprint density at radius 2 is 1.10 bits per heavy atom. The fourth-order valence-electron chi connectivity index (χ4n) is 3.42. The van der Waals surface area contributed by atoms with Crippen molar-refractivity contribution in [3.05, 3.63) is 0 Å². The van der Waals surface area contributed by atoms with Crippen LogP contribution in [0.1, 0.15) is 54.4 Å². The zero-order valence-corrected chi connectivity index (χ0v) is 20.0. The number of carbonyl (C=O) groups excluding carboxylic acids is 1. The molecule has 2 aliphatic heterocycles. The van der Waals surface area contributed by atoms with Crippen molar-refractivity contribution in [2.45, 2.75) is 54.4 Å². The molecule has 2 heterocycles. The van der Waals surface area contributed by atoms with Gasteiger partial charge < -0.3 is 19.7 Å². The van der Waals surface area contributed by atoms with Crippen LogP contribution in [0.3, 0.4) is 0 Å². The van der Waals surface area contributed by atoms with Crippen LogP contribution in [0, 0.1) is 0 Å². The molecule has 2 unspecified atom stereocenters. The van der Waals surface area contributed by atoms with Crippen LogP contribution in [0.15, 0.2) is 0 Å². The number of aldehydes is 1. The molecule has 2 saturated heterocycles. The van der Waals surface area contributed by atoms with Crippen molar-refractivity contribution in [2.75, 3.05) is 78.5 Å². The summed E-state index contributed by atoms with van der Waals surface area (Å²) in [6.07, 6.45) is 3.06. The van der Waals surface area contributed by atoms with Gasteiger partial charge in [-0.3, -0.25) is 14.6 Å². The first kappa shape index (κ1) is 30.2. The highest BCUT2D eigenvalue weighted by atomic mass is 16.4. The van der Waals surface area contributed by atoms with Crippen LogP contribution in [-0.4, -0.2) is 115 Å². The lowest BCUT2D eigenvalue weighted by molar-refractivity contribution is -0.138. The van der Waals surface area contributed by atoms with Crippen LogP contribution < -0.4 is 0 Å². The molecule has 0 aliphatic carbocycles. The predicted octanol–water partition coefficient (Wildman–Crippen LogP) is 2.36. The van der Waals surface area contributed by atoms with Crippen molar-refractivity contribution < 1.29 is 14.7 Å².